The molecule has 0 aromatic heterocycles. The van der Waals surface area contributed by atoms with Crippen molar-refractivity contribution in [2.45, 2.75) is 12.8 Å². The molecule has 0 saturated carbocycles. The Morgan fingerprint density at radius 2 is 1.89 bits per heavy atom. The Labute approximate surface area is 114 Å². The minimum Gasteiger partial charge on any atom is -0.378 e. The summed E-state index contributed by atoms with van der Waals surface area (Å²) < 4.78 is 5.28. The molecule has 0 radical (unpaired) electrons. The number of nitrogens with one attached hydrogen (secondary N) is 1. The minimum absolute atomic E-state index is 0. The molecule has 0 bridgehead atoms. The van der Waals surface area contributed by atoms with E-state index in [0.717, 1.165) is 45.7 Å². The van der Waals surface area contributed by atoms with E-state index in [1.807, 2.05) is 9.80 Å². The van der Waals surface area contributed by atoms with Crippen molar-refractivity contribution in [1.29, 1.82) is 0 Å². The minimum atomic E-state index is 0. The van der Waals surface area contributed by atoms with E-state index in [4.69, 9.17) is 4.74 Å². The first-order valence-electron chi connectivity index (χ1n) is 6.61. The van der Waals surface area contributed by atoms with E-state index in [0.29, 0.717) is 18.6 Å². The second-order valence-electron chi connectivity index (χ2n) is 5.48. The molecular weight excluding hydrogens is 254 g/mol. The zero-order chi connectivity index (χ0) is 11.7. The van der Waals surface area contributed by atoms with Gasteiger partial charge in [-0.1, -0.05) is 0 Å². The van der Waals surface area contributed by atoms with E-state index in [9.17, 15) is 4.79 Å². The second kappa shape index (κ2) is 5.63. The summed E-state index contributed by atoms with van der Waals surface area (Å²) >= 11 is 0. The molecule has 0 aliphatic carbocycles. The van der Waals surface area contributed by atoms with Crippen LogP contribution in [0, 0.1) is 5.41 Å². The Kier molecular flexibility index (Phi) is 4.35. The SMILES string of the molecule is Cl.O=C(N1CCOCC1)N1CCC2(CCNC2)C1. The van der Waals surface area contributed by atoms with Gasteiger partial charge in [0.2, 0.25) is 0 Å². The van der Waals surface area contributed by atoms with E-state index in [1.54, 1.807) is 0 Å². The van der Waals surface area contributed by atoms with Gasteiger partial charge in [0.05, 0.1) is 13.2 Å². The molecule has 104 valence electrons. The smallest absolute Gasteiger partial charge is 0.320 e. The van der Waals surface area contributed by atoms with Gasteiger partial charge in [0, 0.05) is 38.1 Å². The Balaban J connectivity index is 0.00000120. The predicted molar refractivity (Wildman–Crippen MR) is 71.1 cm³/mol. The summed E-state index contributed by atoms with van der Waals surface area (Å²) in [7, 11) is 0. The van der Waals surface area contributed by atoms with Gasteiger partial charge in [-0.3, -0.25) is 0 Å². The normalized spacial score (nSPS) is 31.8. The Hall–Kier alpha value is -0.520. The molecule has 0 aromatic carbocycles. The van der Waals surface area contributed by atoms with Crippen LogP contribution in [-0.2, 0) is 4.74 Å². The molecule has 1 atom stereocenters. The summed E-state index contributed by atoms with van der Waals surface area (Å²) in [5.74, 6) is 0. The van der Waals surface area contributed by atoms with Gasteiger partial charge in [-0.05, 0) is 19.4 Å². The maximum Gasteiger partial charge on any atom is 0.320 e. The van der Waals surface area contributed by atoms with Crippen LogP contribution in [0.5, 0.6) is 0 Å². The molecule has 3 fully saturated rings. The third kappa shape index (κ3) is 2.58. The summed E-state index contributed by atoms with van der Waals surface area (Å²) in [5.41, 5.74) is 0.377. The van der Waals surface area contributed by atoms with Crippen molar-refractivity contribution in [3.8, 4) is 0 Å². The highest BCUT2D eigenvalue weighted by atomic mass is 35.5. The molecule has 6 heteroatoms. The van der Waals surface area contributed by atoms with Crippen LogP contribution in [0.3, 0.4) is 0 Å². The fourth-order valence-corrected chi connectivity index (χ4v) is 3.20. The van der Waals surface area contributed by atoms with E-state index >= 15 is 0 Å². The largest absolute Gasteiger partial charge is 0.378 e. The molecule has 5 nitrogen and oxygen atoms in total. The van der Waals surface area contributed by atoms with Gasteiger partial charge in [0.25, 0.3) is 0 Å². The predicted octanol–water partition coefficient (Wildman–Crippen LogP) is 0.546. The van der Waals surface area contributed by atoms with Gasteiger partial charge in [-0.15, -0.1) is 12.4 Å². The Morgan fingerprint density at radius 3 is 2.56 bits per heavy atom. The average molecular weight is 276 g/mol. The summed E-state index contributed by atoms with van der Waals surface area (Å²) in [4.78, 5) is 16.3. The highest BCUT2D eigenvalue weighted by molar-refractivity contribution is 5.85. The van der Waals surface area contributed by atoms with E-state index in [2.05, 4.69) is 5.32 Å². The standard InChI is InChI=1S/C12H21N3O2.ClH/c16-11(14-5-7-17-8-6-14)15-4-2-12(10-15)1-3-13-9-12;/h13H,1-10H2;1H. The zero-order valence-electron chi connectivity index (χ0n) is 10.7. The molecule has 1 spiro atoms. The van der Waals surface area contributed by atoms with E-state index in [1.165, 1.54) is 6.42 Å². The lowest BCUT2D eigenvalue weighted by molar-refractivity contribution is 0.0444. The van der Waals surface area contributed by atoms with Crippen molar-refractivity contribution < 1.29 is 9.53 Å². The van der Waals surface area contributed by atoms with Crippen molar-refractivity contribution >= 4 is 18.4 Å². The molecule has 18 heavy (non-hydrogen) atoms. The third-order valence-electron chi connectivity index (χ3n) is 4.32. The number of hydrogen-bond donors (Lipinski definition) is 1. The maximum absolute atomic E-state index is 12.3. The molecule has 3 aliphatic heterocycles. The number of carbonyl (C=O) groups is 1. The topological polar surface area (TPSA) is 44.8 Å². The van der Waals surface area contributed by atoms with E-state index < -0.39 is 0 Å². The van der Waals surface area contributed by atoms with Crippen molar-refractivity contribution in [3.63, 3.8) is 0 Å². The number of ether oxygens (including phenoxy) is 1. The summed E-state index contributed by atoms with van der Waals surface area (Å²) in [6.45, 7) is 6.94. The van der Waals surface area contributed by atoms with Gasteiger partial charge in [0.1, 0.15) is 0 Å². The lowest BCUT2D eigenvalue weighted by Gasteiger charge is -2.31. The Morgan fingerprint density at radius 1 is 1.11 bits per heavy atom. The molecule has 3 aliphatic rings. The number of carbonyl (C=O) groups excluding carboxylic acids is 1. The third-order valence-corrected chi connectivity index (χ3v) is 4.32. The fourth-order valence-electron chi connectivity index (χ4n) is 3.20. The van der Waals surface area contributed by atoms with Crippen molar-refractivity contribution in [3.05, 3.63) is 0 Å². The van der Waals surface area contributed by atoms with Crippen LogP contribution >= 0.6 is 12.4 Å². The number of halogens is 1. The van der Waals surface area contributed by atoms with Crippen LogP contribution in [0.1, 0.15) is 12.8 Å². The highest BCUT2D eigenvalue weighted by Gasteiger charge is 2.42. The van der Waals surface area contributed by atoms with E-state index in [-0.39, 0.29) is 18.4 Å². The molecule has 1 unspecified atom stereocenters. The van der Waals surface area contributed by atoms with Gasteiger partial charge < -0.3 is 19.9 Å². The monoisotopic (exact) mass is 275 g/mol. The molecule has 3 rings (SSSR count). The van der Waals surface area contributed by atoms with Gasteiger partial charge in [0.15, 0.2) is 0 Å². The van der Waals surface area contributed by atoms with Gasteiger partial charge in [-0.25, -0.2) is 4.79 Å². The summed E-state index contributed by atoms with van der Waals surface area (Å²) in [6.07, 6.45) is 2.38. The van der Waals surface area contributed by atoms with Crippen LogP contribution < -0.4 is 5.32 Å². The number of nitrogens with zero attached hydrogens (tertiary/aromatic N) is 2. The molecule has 1 N–H and O–H groups in total. The maximum atomic E-state index is 12.3. The average Bonchev–Trinajstić information content (AvgIpc) is 3.01. The number of hydrogen-bond acceptors (Lipinski definition) is 3. The molecular formula is C12H22ClN3O2. The number of urea groups is 1. The van der Waals surface area contributed by atoms with Crippen LogP contribution in [0.2, 0.25) is 0 Å². The molecule has 0 aromatic rings. The first-order chi connectivity index (χ1) is 8.29. The molecule has 2 amide bonds. The fraction of sp³-hybridized carbons (Fsp3) is 0.917. The number of amides is 2. The van der Waals surface area contributed by atoms with Crippen LogP contribution in [-0.4, -0.2) is 68.3 Å². The summed E-state index contributed by atoms with van der Waals surface area (Å²) in [5, 5.41) is 3.42. The number of likely N-dealkylation sites (tertiary alicyclic amines) is 1. The highest BCUT2D eigenvalue weighted by Crippen LogP contribution is 2.36. The summed E-state index contributed by atoms with van der Waals surface area (Å²) in [6, 6.07) is 0.220. The second-order valence-corrected chi connectivity index (χ2v) is 5.48. The van der Waals surface area contributed by atoms with Gasteiger partial charge in [-0.2, -0.15) is 0 Å². The quantitative estimate of drug-likeness (QED) is 0.702. The van der Waals surface area contributed by atoms with Crippen LogP contribution in [0.25, 0.3) is 0 Å². The van der Waals surface area contributed by atoms with Crippen molar-refractivity contribution in [1.82, 2.24) is 15.1 Å². The molecule has 3 saturated heterocycles. The van der Waals surface area contributed by atoms with Crippen LogP contribution in [0.15, 0.2) is 0 Å². The lowest BCUT2D eigenvalue weighted by Crippen LogP contribution is -2.48. The first kappa shape index (κ1) is 13.9. The van der Waals surface area contributed by atoms with Crippen molar-refractivity contribution in [2.24, 2.45) is 5.41 Å². The van der Waals surface area contributed by atoms with Crippen LogP contribution in [0.4, 0.5) is 4.79 Å². The first-order valence-corrected chi connectivity index (χ1v) is 6.61. The Bertz CT molecular complexity index is 302. The number of morpholine rings is 1. The van der Waals surface area contributed by atoms with Gasteiger partial charge >= 0.3 is 6.03 Å². The lowest BCUT2D eigenvalue weighted by atomic mass is 9.87. The number of rotatable bonds is 0. The van der Waals surface area contributed by atoms with Crippen molar-refractivity contribution in [2.75, 3.05) is 52.5 Å². The molecule has 3 heterocycles. The zero-order valence-corrected chi connectivity index (χ0v) is 11.5.